The molecule has 0 unspecified atom stereocenters. The van der Waals surface area contributed by atoms with Gasteiger partial charge in [0.25, 0.3) is 11.6 Å². The number of anilines is 1. The number of carbonyl (C=O) groups is 1. The molecule has 0 aliphatic rings. The minimum absolute atomic E-state index is 0.0178. The van der Waals surface area contributed by atoms with Gasteiger partial charge >= 0.3 is 0 Å². The molecule has 0 aliphatic heterocycles. The van der Waals surface area contributed by atoms with E-state index in [4.69, 9.17) is 32.7 Å². The topological polar surface area (TPSA) is 109 Å². The van der Waals surface area contributed by atoms with Crippen LogP contribution >= 0.6 is 23.2 Å². The number of aromatic nitrogens is 2. The van der Waals surface area contributed by atoms with Crippen LogP contribution in [0.1, 0.15) is 10.5 Å². The average Bonchev–Trinajstić information content (AvgIpc) is 3.18. The largest absolute Gasteiger partial charge is 0.496 e. The molecule has 0 radical (unpaired) electrons. The normalized spacial score (nSPS) is 10.4. The summed E-state index contributed by atoms with van der Waals surface area (Å²) in [7, 11) is 1.39. The molecule has 29 heavy (non-hydrogen) atoms. The van der Waals surface area contributed by atoms with Gasteiger partial charge in [0.05, 0.1) is 23.1 Å². The lowest BCUT2D eigenvalue weighted by Gasteiger charge is -2.08. The van der Waals surface area contributed by atoms with Gasteiger partial charge in [0, 0.05) is 6.20 Å². The minimum atomic E-state index is -0.613. The summed E-state index contributed by atoms with van der Waals surface area (Å²) in [5.41, 5.74) is -0.218. The number of carbonyl (C=O) groups excluding carboxylic acids is 1. The van der Waals surface area contributed by atoms with Crippen LogP contribution in [0.3, 0.4) is 0 Å². The molecule has 1 N–H and O–H groups in total. The number of halogens is 2. The SMILES string of the molecule is COc1ccc(NC(=O)c2ccn(COc3cccc(Cl)c3Cl)n2)c([N+](=O)[O-])c1. The molecule has 0 fully saturated rings. The highest BCUT2D eigenvalue weighted by Gasteiger charge is 2.19. The predicted molar refractivity (Wildman–Crippen MR) is 107 cm³/mol. The van der Waals surface area contributed by atoms with E-state index in [1.165, 1.54) is 42.3 Å². The first-order valence-corrected chi connectivity index (χ1v) is 8.88. The van der Waals surface area contributed by atoms with Crippen molar-refractivity contribution in [1.29, 1.82) is 0 Å². The summed E-state index contributed by atoms with van der Waals surface area (Å²) < 4.78 is 11.9. The second-order valence-electron chi connectivity index (χ2n) is 5.66. The standard InChI is InChI=1S/C18H14Cl2N4O5/c1-28-11-5-6-13(15(9-11)24(26)27)21-18(25)14-7-8-23(22-14)10-29-16-4-2-3-12(19)17(16)20/h2-9H,10H2,1H3,(H,21,25). The van der Waals surface area contributed by atoms with Gasteiger partial charge in [0.2, 0.25) is 0 Å². The van der Waals surface area contributed by atoms with Crippen LogP contribution in [0.2, 0.25) is 10.0 Å². The summed E-state index contributed by atoms with van der Waals surface area (Å²) in [6.45, 7) is -0.0178. The molecule has 0 aliphatic carbocycles. The van der Waals surface area contributed by atoms with Crippen LogP contribution in [-0.2, 0) is 6.73 Å². The van der Waals surface area contributed by atoms with Crippen molar-refractivity contribution in [2.75, 3.05) is 12.4 Å². The van der Waals surface area contributed by atoms with Gasteiger partial charge in [0.15, 0.2) is 12.4 Å². The first kappa shape index (κ1) is 20.4. The molecule has 150 valence electrons. The highest BCUT2D eigenvalue weighted by atomic mass is 35.5. The fourth-order valence-electron chi connectivity index (χ4n) is 2.37. The highest BCUT2D eigenvalue weighted by molar-refractivity contribution is 6.42. The molecule has 3 aromatic rings. The average molecular weight is 437 g/mol. The number of nitro groups is 1. The predicted octanol–water partition coefficient (Wildman–Crippen LogP) is 4.40. The van der Waals surface area contributed by atoms with Crippen molar-refractivity contribution in [2.45, 2.75) is 6.73 Å². The third kappa shape index (κ3) is 4.76. The Morgan fingerprint density at radius 1 is 1.28 bits per heavy atom. The van der Waals surface area contributed by atoms with Crippen LogP contribution in [0.5, 0.6) is 11.5 Å². The molecular weight excluding hydrogens is 423 g/mol. The van der Waals surface area contributed by atoms with E-state index in [0.717, 1.165) is 0 Å². The summed E-state index contributed by atoms with van der Waals surface area (Å²) in [5, 5.41) is 18.4. The van der Waals surface area contributed by atoms with Crippen molar-refractivity contribution in [3.8, 4) is 11.5 Å². The Hall–Kier alpha value is -3.30. The zero-order chi connectivity index (χ0) is 21.0. The molecule has 1 amide bonds. The second-order valence-corrected chi connectivity index (χ2v) is 6.45. The summed E-state index contributed by atoms with van der Waals surface area (Å²) in [6.07, 6.45) is 1.52. The fraction of sp³-hybridized carbons (Fsp3) is 0.111. The molecule has 11 heteroatoms. The molecule has 1 heterocycles. The first-order chi connectivity index (χ1) is 13.9. The van der Waals surface area contributed by atoms with Crippen molar-refractivity contribution in [1.82, 2.24) is 9.78 Å². The molecular formula is C18H14Cl2N4O5. The van der Waals surface area contributed by atoms with Crippen molar-refractivity contribution >= 4 is 40.5 Å². The third-order valence-corrected chi connectivity index (χ3v) is 4.59. The highest BCUT2D eigenvalue weighted by Crippen LogP contribution is 2.32. The van der Waals surface area contributed by atoms with E-state index >= 15 is 0 Å². The number of ether oxygens (including phenoxy) is 2. The third-order valence-electron chi connectivity index (χ3n) is 3.79. The van der Waals surface area contributed by atoms with Crippen LogP contribution < -0.4 is 14.8 Å². The number of amides is 1. The Kier molecular flexibility index (Phi) is 6.20. The number of methoxy groups -OCH3 is 1. The van der Waals surface area contributed by atoms with Gasteiger partial charge in [-0.05, 0) is 30.3 Å². The van der Waals surface area contributed by atoms with Gasteiger partial charge in [-0.3, -0.25) is 14.9 Å². The molecule has 0 saturated carbocycles. The number of hydrogen-bond acceptors (Lipinski definition) is 6. The van der Waals surface area contributed by atoms with Crippen molar-refractivity contribution in [2.24, 2.45) is 0 Å². The Morgan fingerprint density at radius 2 is 2.07 bits per heavy atom. The van der Waals surface area contributed by atoms with Crippen LogP contribution in [0.15, 0.2) is 48.7 Å². The molecule has 0 spiro atoms. The van der Waals surface area contributed by atoms with Gasteiger partial charge < -0.3 is 14.8 Å². The van der Waals surface area contributed by atoms with Gasteiger partial charge in [-0.25, -0.2) is 4.68 Å². The lowest BCUT2D eigenvalue weighted by Crippen LogP contribution is -2.15. The molecule has 0 saturated heterocycles. The maximum Gasteiger partial charge on any atom is 0.296 e. The zero-order valence-corrected chi connectivity index (χ0v) is 16.5. The molecule has 3 rings (SSSR count). The number of nitrogens with one attached hydrogen (secondary N) is 1. The van der Waals surface area contributed by atoms with Gasteiger partial charge in [0.1, 0.15) is 22.2 Å². The monoisotopic (exact) mass is 436 g/mol. The Morgan fingerprint density at radius 3 is 2.79 bits per heavy atom. The molecule has 2 aromatic carbocycles. The molecule has 0 atom stereocenters. The van der Waals surface area contributed by atoms with Crippen LogP contribution in [-0.4, -0.2) is 27.7 Å². The number of rotatable bonds is 7. The van der Waals surface area contributed by atoms with E-state index in [2.05, 4.69) is 10.4 Å². The summed E-state index contributed by atoms with van der Waals surface area (Å²) in [4.78, 5) is 23.0. The summed E-state index contributed by atoms with van der Waals surface area (Å²) >= 11 is 12.0. The quantitative estimate of drug-likeness (QED) is 0.434. The lowest BCUT2D eigenvalue weighted by atomic mass is 10.2. The maximum absolute atomic E-state index is 12.4. The van der Waals surface area contributed by atoms with Crippen LogP contribution in [0.25, 0.3) is 0 Å². The Balaban J connectivity index is 1.70. The van der Waals surface area contributed by atoms with Crippen molar-refractivity contribution < 1.29 is 19.2 Å². The number of hydrogen-bond donors (Lipinski definition) is 1. The zero-order valence-electron chi connectivity index (χ0n) is 15.0. The number of nitrogens with zero attached hydrogens (tertiary/aromatic N) is 3. The van der Waals surface area contributed by atoms with E-state index in [1.807, 2.05) is 0 Å². The Bertz CT molecular complexity index is 1070. The van der Waals surface area contributed by atoms with E-state index in [-0.39, 0.29) is 28.8 Å². The fourth-order valence-corrected chi connectivity index (χ4v) is 2.71. The van der Waals surface area contributed by atoms with Crippen LogP contribution in [0.4, 0.5) is 11.4 Å². The van der Waals surface area contributed by atoms with E-state index in [0.29, 0.717) is 16.5 Å². The Labute approximate surface area is 174 Å². The smallest absolute Gasteiger partial charge is 0.296 e. The summed E-state index contributed by atoms with van der Waals surface area (Å²) in [6, 6.07) is 10.5. The molecule has 9 nitrogen and oxygen atoms in total. The van der Waals surface area contributed by atoms with Crippen molar-refractivity contribution in [3.05, 3.63) is 74.5 Å². The van der Waals surface area contributed by atoms with Gasteiger partial charge in [-0.15, -0.1) is 0 Å². The number of nitro benzene ring substituents is 1. The summed E-state index contributed by atoms with van der Waals surface area (Å²) in [5.74, 6) is 0.0585. The van der Waals surface area contributed by atoms with E-state index in [9.17, 15) is 14.9 Å². The maximum atomic E-state index is 12.4. The van der Waals surface area contributed by atoms with Crippen molar-refractivity contribution in [3.63, 3.8) is 0 Å². The van der Waals surface area contributed by atoms with E-state index in [1.54, 1.807) is 18.2 Å². The first-order valence-electron chi connectivity index (χ1n) is 8.13. The van der Waals surface area contributed by atoms with E-state index < -0.39 is 10.8 Å². The minimum Gasteiger partial charge on any atom is -0.496 e. The van der Waals surface area contributed by atoms with Gasteiger partial charge in [-0.1, -0.05) is 29.3 Å². The second kappa shape index (κ2) is 8.80. The van der Waals surface area contributed by atoms with Gasteiger partial charge in [-0.2, -0.15) is 5.10 Å². The van der Waals surface area contributed by atoms with Crippen LogP contribution in [0, 0.1) is 10.1 Å². The molecule has 1 aromatic heterocycles. The molecule has 0 bridgehead atoms. The lowest BCUT2D eigenvalue weighted by molar-refractivity contribution is -0.384. The number of benzene rings is 2.